The van der Waals surface area contributed by atoms with Gasteiger partial charge < -0.3 is 5.32 Å². The molecule has 0 aliphatic rings. The normalized spacial score (nSPS) is 16.2. The van der Waals surface area contributed by atoms with Gasteiger partial charge >= 0.3 is 57.1 Å². The van der Waals surface area contributed by atoms with Crippen LogP contribution in [0.1, 0.15) is 19.3 Å². The monoisotopic (exact) mass is 619 g/mol. The Morgan fingerprint density at radius 3 is 1.24 bits per heavy atom. The summed E-state index contributed by atoms with van der Waals surface area (Å²) in [5.74, 6) is -49.9. The van der Waals surface area contributed by atoms with E-state index in [2.05, 4.69) is 5.32 Å². The number of nitrogens with one attached hydrogen (secondary N) is 1. The maximum atomic E-state index is 13.5. The zero-order valence-corrected chi connectivity index (χ0v) is 18.5. The van der Waals surface area contributed by atoms with Crippen LogP contribution in [0.3, 0.4) is 0 Å². The van der Waals surface area contributed by atoms with Gasteiger partial charge in [-0.05, 0) is 26.9 Å². The maximum absolute atomic E-state index is 13.5. The van der Waals surface area contributed by atoms with Crippen LogP contribution in [-0.2, 0) is 10.1 Å². The molecule has 0 spiro atoms. The standard InChI is InChI=1S/C12H8F18O3S.C2H7N/c13-4(2-1-3-5(14,15)16)6(17,18)7(19,20)8(21,22)9(23,24)10(25,26)11(27,28)12(29,30)34(31,32)33;1-3-2/h4H,1-3H2,(H,31,32,33);3H,1-2H3. The molecule has 37 heavy (non-hydrogen) atoms. The fourth-order valence-corrected chi connectivity index (χ4v) is 2.46. The Morgan fingerprint density at radius 1 is 0.649 bits per heavy atom. The zero-order valence-electron chi connectivity index (χ0n) is 17.7. The maximum Gasteiger partial charge on any atom is 0.438 e. The van der Waals surface area contributed by atoms with Gasteiger partial charge in [0.15, 0.2) is 6.17 Å². The predicted octanol–water partition coefficient (Wildman–Crippen LogP) is 6.19. The van der Waals surface area contributed by atoms with Crippen LogP contribution in [0.4, 0.5) is 79.0 Å². The summed E-state index contributed by atoms with van der Waals surface area (Å²) in [7, 11) is -4.13. The lowest BCUT2D eigenvalue weighted by molar-refractivity contribution is -0.439. The van der Waals surface area contributed by atoms with Gasteiger partial charge in [-0.1, -0.05) is 0 Å². The average Bonchev–Trinajstić information content (AvgIpc) is 2.65. The van der Waals surface area contributed by atoms with Gasteiger partial charge in [0.25, 0.3) is 0 Å². The van der Waals surface area contributed by atoms with Gasteiger partial charge in [-0.25, -0.2) is 4.39 Å². The van der Waals surface area contributed by atoms with Crippen molar-refractivity contribution in [2.24, 2.45) is 0 Å². The number of hydrogen-bond donors (Lipinski definition) is 2. The SMILES string of the molecule is CNC.O=S(=O)(O)C(F)(F)C(F)(F)C(F)(F)C(F)(F)C(F)(F)C(F)(F)C(F)(F)C(F)CCCC(F)(F)F. The van der Waals surface area contributed by atoms with Gasteiger partial charge in [0, 0.05) is 6.42 Å². The molecule has 0 amide bonds. The van der Waals surface area contributed by atoms with Crippen LogP contribution in [0.2, 0.25) is 0 Å². The molecule has 0 radical (unpaired) electrons. The van der Waals surface area contributed by atoms with E-state index in [1.165, 1.54) is 0 Å². The van der Waals surface area contributed by atoms with E-state index in [1.807, 2.05) is 14.1 Å². The van der Waals surface area contributed by atoms with Crippen LogP contribution < -0.4 is 5.32 Å². The second kappa shape index (κ2) is 11.0. The molecular formula is C14H15F18NO3S. The van der Waals surface area contributed by atoms with E-state index >= 15 is 0 Å². The fraction of sp³-hybridized carbons (Fsp3) is 1.00. The zero-order chi connectivity index (χ0) is 30.9. The molecule has 0 aromatic rings. The minimum absolute atomic E-state index is 1.88. The lowest BCUT2D eigenvalue weighted by atomic mass is 9.89. The first-order valence-corrected chi connectivity index (χ1v) is 10.1. The molecule has 0 heterocycles. The van der Waals surface area contributed by atoms with Crippen LogP contribution in [0.25, 0.3) is 0 Å². The third-order valence-electron chi connectivity index (χ3n) is 4.00. The highest BCUT2D eigenvalue weighted by Crippen LogP contribution is 2.63. The molecule has 1 unspecified atom stereocenters. The molecule has 0 saturated carbocycles. The number of hydrogen-bond acceptors (Lipinski definition) is 3. The first-order chi connectivity index (χ1) is 15.8. The second-order valence-electron chi connectivity index (χ2n) is 6.96. The number of halogens is 18. The van der Waals surface area contributed by atoms with E-state index in [-0.39, 0.29) is 0 Å². The minimum Gasteiger partial charge on any atom is -0.323 e. The highest BCUT2D eigenvalue weighted by Gasteiger charge is 2.94. The van der Waals surface area contributed by atoms with Crippen LogP contribution >= 0.6 is 0 Å². The first kappa shape index (κ1) is 37.8. The molecule has 226 valence electrons. The molecule has 4 nitrogen and oxygen atoms in total. The second-order valence-corrected chi connectivity index (χ2v) is 8.42. The van der Waals surface area contributed by atoms with Crippen molar-refractivity contribution in [1.82, 2.24) is 5.32 Å². The summed E-state index contributed by atoms with van der Waals surface area (Å²) >= 11 is 0. The number of alkyl halides is 18. The summed E-state index contributed by atoms with van der Waals surface area (Å²) in [6.07, 6.45) is -16.7. The molecular weight excluding hydrogens is 604 g/mol. The first-order valence-electron chi connectivity index (χ1n) is 8.70. The Bertz CT molecular complexity index is 854. The molecule has 1 atom stereocenters. The summed E-state index contributed by atoms with van der Waals surface area (Å²) in [6.45, 7) is 0. The molecule has 0 aromatic carbocycles. The van der Waals surface area contributed by atoms with E-state index < -0.39 is 82.5 Å². The lowest BCUT2D eigenvalue weighted by Crippen LogP contribution is -2.74. The Hall–Kier alpha value is -1.39. The van der Waals surface area contributed by atoms with Crippen molar-refractivity contribution in [1.29, 1.82) is 0 Å². The molecule has 0 aliphatic carbocycles. The third kappa shape index (κ3) is 6.61. The summed E-state index contributed by atoms with van der Waals surface area (Å²) < 4.78 is 263. The van der Waals surface area contributed by atoms with E-state index in [4.69, 9.17) is 4.55 Å². The minimum atomic E-state index is -8.74. The largest absolute Gasteiger partial charge is 0.438 e. The van der Waals surface area contributed by atoms with Crippen LogP contribution in [-0.4, -0.2) is 80.2 Å². The van der Waals surface area contributed by atoms with Crippen molar-refractivity contribution >= 4 is 10.1 Å². The van der Waals surface area contributed by atoms with Gasteiger partial charge in [-0.3, -0.25) is 4.55 Å². The van der Waals surface area contributed by atoms with E-state index in [0.29, 0.717) is 0 Å². The molecule has 0 fully saturated rings. The molecule has 2 N–H and O–H groups in total. The quantitative estimate of drug-likeness (QED) is 0.214. The Kier molecular flexibility index (Phi) is 11.2. The number of rotatable bonds is 11. The highest BCUT2D eigenvalue weighted by molar-refractivity contribution is 7.87. The Balaban J connectivity index is 0. The Labute approximate surface area is 195 Å². The molecule has 0 saturated heterocycles. The van der Waals surface area contributed by atoms with Crippen molar-refractivity contribution in [3.05, 3.63) is 0 Å². The van der Waals surface area contributed by atoms with Gasteiger partial charge in [-0.15, -0.1) is 0 Å². The van der Waals surface area contributed by atoms with Crippen LogP contribution in [0.5, 0.6) is 0 Å². The molecule has 0 aliphatic heterocycles. The van der Waals surface area contributed by atoms with Crippen molar-refractivity contribution < 1.29 is 92.0 Å². The van der Waals surface area contributed by atoms with Gasteiger partial charge in [0.05, 0.1) is 0 Å². The van der Waals surface area contributed by atoms with E-state index in [9.17, 15) is 87.4 Å². The Morgan fingerprint density at radius 2 is 0.946 bits per heavy atom. The van der Waals surface area contributed by atoms with Gasteiger partial charge in [0.2, 0.25) is 0 Å². The van der Waals surface area contributed by atoms with E-state index in [1.54, 1.807) is 0 Å². The smallest absolute Gasteiger partial charge is 0.323 e. The van der Waals surface area contributed by atoms with Crippen molar-refractivity contribution in [2.45, 2.75) is 72.4 Å². The van der Waals surface area contributed by atoms with Crippen molar-refractivity contribution in [3.63, 3.8) is 0 Å². The summed E-state index contributed by atoms with van der Waals surface area (Å²) in [4.78, 5) is 0. The third-order valence-corrected chi connectivity index (χ3v) is 4.90. The predicted molar refractivity (Wildman–Crippen MR) is 86.0 cm³/mol. The fourth-order valence-electron chi connectivity index (χ4n) is 2.01. The topological polar surface area (TPSA) is 66.4 Å². The summed E-state index contributed by atoms with van der Waals surface area (Å²) in [6, 6.07) is 0. The van der Waals surface area contributed by atoms with Crippen LogP contribution in [0, 0.1) is 0 Å². The molecule has 0 aromatic heterocycles. The van der Waals surface area contributed by atoms with E-state index in [0.717, 1.165) is 0 Å². The summed E-state index contributed by atoms with van der Waals surface area (Å²) in [5.41, 5.74) is 0. The molecule has 23 heteroatoms. The van der Waals surface area contributed by atoms with Gasteiger partial charge in [-0.2, -0.15) is 83.1 Å². The average molecular weight is 619 g/mol. The van der Waals surface area contributed by atoms with Gasteiger partial charge in [0.1, 0.15) is 0 Å². The molecule has 0 rings (SSSR count). The van der Waals surface area contributed by atoms with Crippen molar-refractivity contribution in [3.8, 4) is 0 Å². The highest BCUT2D eigenvalue weighted by atomic mass is 32.2. The van der Waals surface area contributed by atoms with Crippen molar-refractivity contribution in [2.75, 3.05) is 14.1 Å². The summed E-state index contributed by atoms with van der Waals surface area (Å²) in [5, 5.41) is -5.05. The molecule has 0 bridgehead atoms. The lowest BCUT2D eigenvalue weighted by Gasteiger charge is -2.42. The van der Waals surface area contributed by atoms with Crippen LogP contribution in [0.15, 0.2) is 0 Å².